The number of pyridine rings is 1. The Hall–Kier alpha value is -3.47. The van der Waals surface area contributed by atoms with Crippen molar-refractivity contribution < 1.29 is 21.3 Å². The molecule has 4 rings (SSSR count). The highest BCUT2D eigenvalue weighted by Crippen LogP contribution is 2.28. The monoisotopic (exact) mass is 455 g/mol. The largest absolute Gasteiger partial charge is 0.456 e. The SMILES string of the molecule is NS(=O)(=O)c1cnccc1NS(=O)(=O)C=Cc1ccc(-c2cc3ccccc3o2)cc1. The number of furan rings is 1. The van der Waals surface area contributed by atoms with E-state index < -0.39 is 24.9 Å². The first-order chi connectivity index (χ1) is 14.7. The Bertz CT molecular complexity index is 1460. The van der Waals surface area contributed by atoms with Gasteiger partial charge in [-0.3, -0.25) is 9.71 Å². The first-order valence-electron chi connectivity index (χ1n) is 8.98. The van der Waals surface area contributed by atoms with Gasteiger partial charge in [0.1, 0.15) is 16.2 Å². The molecule has 8 nitrogen and oxygen atoms in total. The maximum absolute atomic E-state index is 12.4. The Morgan fingerprint density at radius 3 is 2.42 bits per heavy atom. The number of aromatic nitrogens is 1. The van der Waals surface area contributed by atoms with Crippen molar-refractivity contribution in [1.29, 1.82) is 0 Å². The summed E-state index contributed by atoms with van der Waals surface area (Å²) in [7, 11) is -8.13. The van der Waals surface area contributed by atoms with E-state index in [0.717, 1.165) is 28.1 Å². The summed E-state index contributed by atoms with van der Waals surface area (Å²) < 4.78 is 56.0. The van der Waals surface area contributed by atoms with Gasteiger partial charge in [0, 0.05) is 23.3 Å². The molecule has 31 heavy (non-hydrogen) atoms. The van der Waals surface area contributed by atoms with Gasteiger partial charge in [-0.2, -0.15) is 0 Å². The van der Waals surface area contributed by atoms with Crippen molar-refractivity contribution in [3.8, 4) is 11.3 Å². The molecule has 0 bridgehead atoms. The van der Waals surface area contributed by atoms with Crippen molar-refractivity contribution in [2.24, 2.45) is 5.14 Å². The van der Waals surface area contributed by atoms with Crippen LogP contribution in [0.2, 0.25) is 0 Å². The molecule has 0 fully saturated rings. The normalized spacial score (nSPS) is 12.4. The van der Waals surface area contributed by atoms with E-state index in [0.29, 0.717) is 11.3 Å². The second kappa shape index (κ2) is 7.99. The van der Waals surface area contributed by atoms with Gasteiger partial charge in [0.25, 0.3) is 10.0 Å². The Balaban J connectivity index is 1.53. The van der Waals surface area contributed by atoms with E-state index in [-0.39, 0.29) is 5.69 Å². The lowest BCUT2D eigenvalue weighted by atomic mass is 10.1. The molecule has 0 saturated heterocycles. The second-order valence-corrected chi connectivity index (χ2v) is 9.73. The highest BCUT2D eigenvalue weighted by molar-refractivity contribution is 7.95. The fourth-order valence-corrected chi connectivity index (χ4v) is 4.52. The molecular weight excluding hydrogens is 438 g/mol. The van der Waals surface area contributed by atoms with Gasteiger partial charge in [0.05, 0.1) is 11.1 Å². The third kappa shape index (κ3) is 4.82. The van der Waals surface area contributed by atoms with Crippen molar-refractivity contribution in [2.75, 3.05) is 4.72 Å². The minimum absolute atomic E-state index is 0.178. The van der Waals surface area contributed by atoms with Crippen LogP contribution in [0.3, 0.4) is 0 Å². The highest BCUT2D eigenvalue weighted by atomic mass is 32.2. The van der Waals surface area contributed by atoms with Crippen LogP contribution in [0.15, 0.2) is 87.8 Å². The predicted molar refractivity (Wildman–Crippen MR) is 119 cm³/mol. The van der Waals surface area contributed by atoms with E-state index in [1.54, 1.807) is 12.1 Å². The van der Waals surface area contributed by atoms with Gasteiger partial charge in [0.2, 0.25) is 10.0 Å². The number of para-hydroxylation sites is 1. The fourth-order valence-electron chi connectivity index (χ4n) is 2.93. The molecular formula is C21H17N3O5S2. The zero-order chi connectivity index (χ0) is 22.1. The van der Waals surface area contributed by atoms with Gasteiger partial charge < -0.3 is 4.42 Å². The quantitative estimate of drug-likeness (QED) is 0.457. The van der Waals surface area contributed by atoms with Crippen LogP contribution >= 0.6 is 0 Å². The number of rotatable bonds is 6. The van der Waals surface area contributed by atoms with Crippen LogP contribution < -0.4 is 9.86 Å². The highest BCUT2D eigenvalue weighted by Gasteiger charge is 2.17. The lowest BCUT2D eigenvalue weighted by Crippen LogP contribution is -2.17. The number of hydrogen-bond acceptors (Lipinski definition) is 6. The smallest absolute Gasteiger partial charge is 0.255 e. The van der Waals surface area contributed by atoms with Crippen LogP contribution in [-0.4, -0.2) is 21.8 Å². The molecule has 158 valence electrons. The number of benzene rings is 2. The molecule has 0 aliphatic rings. The van der Waals surface area contributed by atoms with E-state index >= 15 is 0 Å². The molecule has 0 unspecified atom stereocenters. The van der Waals surface area contributed by atoms with E-state index in [9.17, 15) is 16.8 Å². The summed E-state index contributed by atoms with van der Waals surface area (Å²) in [6, 6.07) is 18.0. The zero-order valence-corrected chi connectivity index (χ0v) is 17.6. The molecule has 2 aromatic heterocycles. The minimum atomic E-state index is -4.14. The summed E-state index contributed by atoms with van der Waals surface area (Å²) in [6.07, 6.45) is 3.63. The van der Waals surface area contributed by atoms with Gasteiger partial charge in [-0.05, 0) is 29.8 Å². The molecule has 2 aromatic carbocycles. The van der Waals surface area contributed by atoms with E-state index in [1.807, 2.05) is 42.5 Å². The van der Waals surface area contributed by atoms with Crippen molar-refractivity contribution in [3.05, 3.63) is 84.0 Å². The third-order valence-electron chi connectivity index (χ3n) is 4.40. The van der Waals surface area contributed by atoms with Crippen LogP contribution in [0.1, 0.15) is 5.56 Å². The third-order valence-corrected chi connectivity index (χ3v) is 6.34. The van der Waals surface area contributed by atoms with Crippen molar-refractivity contribution >= 4 is 42.8 Å². The summed E-state index contributed by atoms with van der Waals surface area (Å²) in [5.74, 6) is 0.708. The van der Waals surface area contributed by atoms with Crippen LogP contribution in [0.5, 0.6) is 0 Å². The molecule has 4 aromatic rings. The van der Waals surface area contributed by atoms with E-state index in [4.69, 9.17) is 9.56 Å². The van der Waals surface area contributed by atoms with Gasteiger partial charge in [0.15, 0.2) is 0 Å². The average molecular weight is 456 g/mol. The molecule has 10 heteroatoms. The number of sulfonamides is 2. The summed E-state index contributed by atoms with van der Waals surface area (Å²) >= 11 is 0. The van der Waals surface area contributed by atoms with E-state index in [2.05, 4.69) is 9.71 Å². The first kappa shape index (κ1) is 20.8. The Morgan fingerprint density at radius 2 is 1.71 bits per heavy atom. The zero-order valence-electron chi connectivity index (χ0n) is 16.0. The topological polar surface area (TPSA) is 132 Å². The summed E-state index contributed by atoms with van der Waals surface area (Å²) in [6.45, 7) is 0. The predicted octanol–water partition coefficient (Wildman–Crippen LogP) is 3.55. The Labute approximate surface area is 179 Å². The molecule has 0 radical (unpaired) electrons. The second-order valence-electron chi connectivity index (χ2n) is 6.64. The Morgan fingerprint density at radius 1 is 0.968 bits per heavy atom. The molecule has 3 N–H and O–H groups in total. The lowest BCUT2D eigenvalue weighted by Gasteiger charge is -2.08. The molecule has 0 amide bonds. The fraction of sp³-hybridized carbons (Fsp3) is 0. The van der Waals surface area contributed by atoms with Gasteiger partial charge in [-0.15, -0.1) is 0 Å². The number of nitrogens with two attached hydrogens (primary N) is 1. The van der Waals surface area contributed by atoms with Gasteiger partial charge in [-0.25, -0.2) is 22.0 Å². The average Bonchev–Trinajstić information content (AvgIpc) is 3.16. The first-order valence-corrected chi connectivity index (χ1v) is 12.1. The number of hydrogen-bond donors (Lipinski definition) is 2. The number of fused-ring (bicyclic) bond motifs is 1. The number of anilines is 1. The van der Waals surface area contributed by atoms with E-state index in [1.165, 1.54) is 18.3 Å². The van der Waals surface area contributed by atoms with Crippen LogP contribution in [0, 0.1) is 0 Å². The van der Waals surface area contributed by atoms with Crippen LogP contribution in [-0.2, 0) is 20.0 Å². The standard InChI is InChI=1S/C21H17N3O5S2/c22-31(27,28)21-14-23-11-9-18(21)24-30(25,26)12-10-15-5-7-16(8-6-15)20-13-17-3-1-2-4-19(17)29-20/h1-14H,(H,23,24)(H2,22,27,28). The molecule has 0 aliphatic carbocycles. The maximum Gasteiger partial charge on any atom is 0.255 e. The van der Waals surface area contributed by atoms with Crippen molar-refractivity contribution in [1.82, 2.24) is 4.98 Å². The summed E-state index contributed by atoms with van der Waals surface area (Å²) in [5.41, 5.74) is 2.09. The number of nitrogens with zero attached hydrogens (tertiary/aromatic N) is 1. The lowest BCUT2D eigenvalue weighted by molar-refractivity contribution is 0.598. The number of primary sulfonamides is 1. The van der Waals surface area contributed by atoms with Crippen molar-refractivity contribution in [2.45, 2.75) is 4.90 Å². The number of nitrogens with one attached hydrogen (secondary N) is 1. The molecule has 0 saturated carbocycles. The molecule has 2 heterocycles. The minimum Gasteiger partial charge on any atom is -0.456 e. The molecule has 0 atom stereocenters. The molecule has 0 spiro atoms. The summed E-state index contributed by atoms with van der Waals surface area (Å²) in [5, 5.41) is 7.04. The van der Waals surface area contributed by atoms with Gasteiger partial charge in [-0.1, -0.05) is 42.5 Å². The Kier molecular flexibility index (Phi) is 5.36. The molecule has 0 aliphatic heterocycles. The van der Waals surface area contributed by atoms with Crippen molar-refractivity contribution in [3.63, 3.8) is 0 Å². The van der Waals surface area contributed by atoms with Gasteiger partial charge >= 0.3 is 0 Å². The maximum atomic E-state index is 12.4. The summed E-state index contributed by atoms with van der Waals surface area (Å²) in [4.78, 5) is 3.25. The van der Waals surface area contributed by atoms with Crippen LogP contribution in [0.25, 0.3) is 28.4 Å². The van der Waals surface area contributed by atoms with Crippen LogP contribution in [0.4, 0.5) is 5.69 Å².